The molecule has 0 radical (unpaired) electrons. The zero-order valence-corrected chi connectivity index (χ0v) is 17.3. The lowest BCUT2D eigenvalue weighted by molar-refractivity contribution is 0.0725. The second kappa shape index (κ2) is 7.97. The van der Waals surface area contributed by atoms with E-state index in [9.17, 15) is 4.79 Å². The number of amides is 1. The topological polar surface area (TPSA) is 51.2 Å². The van der Waals surface area contributed by atoms with Gasteiger partial charge in [0.25, 0.3) is 5.91 Å². The number of carbonyl (C=O) groups excluding carboxylic acids is 1. The third-order valence-electron chi connectivity index (χ3n) is 6.48. The van der Waals surface area contributed by atoms with Gasteiger partial charge < -0.3 is 24.0 Å². The number of nitrogens with zero attached hydrogens (tertiary/aromatic N) is 2. The quantitative estimate of drug-likeness (QED) is 0.764. The van der Waals surface area contributed by atoms with Crippen LogP contribution < -0.4 is 14.2 Å². The maximum atomic E-state index is 13.1. The predicted octanol–water partition coefficient (Wildman–Crippen LogP) is 2.90. The molecule has 1 aromatic carbocycles. The highest BCUT2D eigenvalue weighted by atomic mass is 16.5. The second-order valence-corrected chi connectivity index (χ2v) is 8.06. The van der Waals surface area contributed by atoms with E-state index in [4.69, 9.17) is 14.2 Å². The van der Waals surface area contributed by atoms with Crippen molar-refractivity contribution >= 4 is 5.91 Å². The summed E-state index contributed by atoms with van der Waals surface area (Å²) in [6.45, 7) is 0. The highest BCUT2D eigenvalue weighted by Gasteiger charge is 2.44. The Balaban J connectivity index is 1.73. The van der Waals surface area contributed by atoms with E-state index in [2.05, 4.69) is 19.0 Å². The molecule has 1 aromatic rings. The maximum Gasteiger partial charge on any atom is 0.254 e. The molecule has 0 heterocycles. The molecule has 0 saturated heterocycles. The lowest BCUT2D eigenvalue weighted by atomic mass is 10.0. The van der Waals surface area contributed by atoms with E-state index in [1.807, 2.05) is 11.9 Å². The minimum Gasteiger partial charge on any atom is -0.493 e. The van der Waals surface area contributed by atoms with Crippen LogP contribution in [-0.2, 0) is 0 Å². The Morgan fingerprint density at radius 3 is 1.74 bits per heavy atom. The normalized spacial score (nSPS) is 26.8. The average molecular weight is 376 g/mol. The number of methoxy groups -OCH3 is 3. The largest absolute Gasteiger partial charge is 0.493 e. The standard InChI is InChI=1S/C21H32N2O4/c1-22(2)16-7-13-9-17(10-14(13)8-16)23(3)21(24)15-11-18(25-4)20(27-6)19(12-15)26-5/h11-14,16-17H,7-10H2,1-6H3/t13-,14+,16?,17?. The molecule has 3 rings (SSSR count). The fraction of sp³-hybridized carbons (Fsp3) is 0.667. The summed E-state index contributed by atoms with van der Waals surface area (Å²) in [7, 11) is 10.9. The molecule has 6 nitrogen and oxygen atoms in total. The molecular weight excluding hydrogens is 344 g/mol. The summed E-state index contributed by atoms with van der Waals surface area (Å²) in [6, 6.07) is 4.46. The number of hydrogen-bond donors (Lipinski definition) is 0. The molecular formula is C21H32N2O4. The molecule has 2 fully saturated rings. The molecule has 0 aliphatic heterocycles. The van der Waals surface area contributed by atoms with Crippen LogP contribution in [0.3, 0.4) is 0 Å². The van der Waals surface area contributed by atoms with Crippen LogP contribution in [0.15, 0.2) is 12.1 Å². The molecule has 2 saturated carbocycles. The van der Waals surface area contributed by atoms with Crippen LogP contribution >= 0.6 is 0 Å². The van der Waals surface area contributed by atoms with Crippen LogP contribution in [-0.4, -0.2) is 70.3 Å². The first-order valence-corrected chi connectivity index (χ1v) is 9.63. The Morgan fingerprint density at radius 2 is 1.33 bits per heavy atom. The monoisotopic (exact) mass is 376 g/mol. The number of carbonyl (C=O) groups is 1. The summed E-state index contributed by atoms with van der Waals surface area (Å²) < 4.78 is 16.1. The van der Waals surface area contributed by atoms with E-state index >= 15 is 0 Å². The van der Waals surface area contributed by atoms with Crippen molar-refractivity contribution in [3.05, 3.63) is 17.7 Å². The molecule has 6 heteroatoms. The third kappa shape index (κ3) is 3.72. The van der Waals surface area contributed by atoms with Crippen molar-refractivity contribution in [2.45, 2.75) is 37.8 Å². The van der Waals surface area contributed by atoms with Crippen molar-refractivity contribution in [2.24, 2.45) is 11.8 Å². The molecule has 0 N–H and O–H groups in total. The van der Waals surface area contributed by atoms with E-state index < -0.39 is 0 Å². The maximum absolute atomic E-state index is 13.1. The summed E-state index contributed by atoms with van der Waals surface area (Å²) in [5, 5.41) is 0. The summed E-state index contributed by atoms with van der Waals surface area (Å²) in [5.74, 6) is 2.99. The molecule has 4 atom stereocenters. The van der Waals surface area contributed by atoms with Crippen molar-refractivity contribution in [1.29, 1.82) is 0 Å². The van der Waals surface area contributed by atoms with Gasteiger partial charge in [-0.05, 0) is 63.7 Å². The van der Waals surface area contributed by atoms with E-state index in [1.165, 1.54) is 12.8 Å². The first-order chi connectivity index (χ1) is 12.9. The van der Waals surface area contributed by atoms with E-state index in [1.54, 1.807) is 33.5 Å². The van der Waals surface area contributed by atoms with E-state index in [0.29, 0.717) is 34.9 Å². The van der Waals surface area contributed by atoms with Crippen molar-refractivity contribution in [3.8, 4) is 17.2 Å². The van der Waals surface area contributed by atoms with Crippen LogP contribution in [0.5, 0.6) is 17.2 Å². The van der Waals surface area contributed by atoms with E-state index in [-0.39, 0.29) is 5.91 Å². The molecule has 2 aliphatic rings. The number of benzene rings is 1. The van der Waals surface area contributed by atoms with Crippen LogP contribution in [0.1, 0.15) is 36.0 Å². The highest BCUT2D eigenvalue weighted by Crippen LogP contribution is 2.47. The van der Waals surface area contributed by atoms with Gasteiger partial charge in [-0.1, -0.05) is 0 Å². The van der Waals surface area contributed by atoms with Crippen LogP contribution in [0, 0.1) is 11.8 Å². The Bertz CT molecular complexity index is 652. The molecule has 2 aliphatic carbocycles. The zero-order valence-electron chi connectivity index (χ0n) is 17.3. The van der Waals surface area contributed by atoms with Crippen molar-refractivity contribution in [2.75, 3.05) is 42.5 Å². The van der Waals surface area contributed by atoms with Gasteiger partial charge in [0.15, 0.2) is 11.5 Å². The van der Waals surface area contributed by atoms with Gasteiger partial charge in [0.1, 0.15) is 0 Å². The highest BCUT2D eigenvalue weighted by molar-refractivity contribution is 5.95. The predicted molar refractivity (Wildman–Crippen MR) is 105 cm³/mol. The smallest absolute Gasteiger partial charge is 0.254 e. The lowest BCUT2D eigenvalue weighted by Gasteiger charge is -2.27. The number of fused-ring (bicyclic) bond motifs is 1. The SMILES string of the molecule is COc1cc(C(=O)N(C)C2C[C@H]3CC(N(C)C)C[C@H]3C2)cc(OC)c1OC. The van der Waals surface area contributed by atoms with Crippen LogP contribution in [0.25, 0.3) is 0 Å². The first kappa shape index (κ1) is 19.8. The molecule has 27 heavy (non-hydrogen) atoms. The number of ether oxygens (including phenoxy) is 3. The van der Waals surface area contributed by atoms with Gasteiger partial charge in [0.05, 0.1) is 21.3 Å². The van der Waals surface area contributed by atoms with Gasteiger partial charge in [-0.25, -0.2) is 0 Å². The van der Waals surface area contributed by atoms with Gasteiger partial charge in [-0.3, -0.25) is 4.79 Å². The second-order valence-electron chi connectivity index (χ2n) is 8.06. The summed E-state index contributed by atoms with van der Waals surface area (Å²) in [4.78, 5) is 17.4. The minimum absolute atomic E-state index is 0.00314. The Hall–Kier alpha value is -1.95. The van der Waals surface area contributed by atoms with Gasteiger partial charge in [0.2, 0.25) is 5.75 Å². The van der Waals surface area contributed by atoms with Gasteiger partial charge in [-0.2, -0.15) is 0 Å². The molecule has 0 bridgehead atoms. The Labute approximate surface area is 162 Å². The van der Waals surface area contributed by atoms with Crippen molar-refractivity contribution < 1.29 is 19.0 Å². The fourth-order valence-electron chi connectivity index (χ4n) is 4.86. The van der Waals surface area contributed by atoms with E-state index in [0.717, 1.165) is 24.7 Å². The molecule has 0 aromatic heterocycles. The van der Waals surface area contributed by atoms with Gasteiger partial charge in [-0.15, -0.1) is 0 Å². The Kier molecular flexibility index (Phi) is 5.84. The average Bonchev–Trinajstić information content (AvgIpc) is 3.24. The van der Waals surface area contributed by atoms with Crippen LogP contribution in [0.4, 0.5) is 0 Å². The number of hydrogen-bond acceptors (Lipinski definition) is 5. The number of rotatable bonds is 6. The van der Waals surface area contributed by atoms with Gasteiger partial charge in [0, 0.05) is 24.7 Å². The van der Waals surface area contributed by atoms with Crippen LogP contribution in [0.2, 0.25) is 0 Å². The van der Waals surface area contributed by atoms with Crippen molar-refractivity contribution in [1.82, 2.24) is 9.80 Å². The summed E-state index contributed by atoms with van der Waals surface area (Å²) >= 11 is 0. The molecule has 150 valence electrons. The first-order valence-electron chi connectivity index (χ1n) is 9.63. The van der Waals surface area contributed by atoms with Crippen molar-refractivity contribution in [3.63, 3.8) is 0 Å². The fourth-order valence-corrected chi connectivity index (χ4v) is 4.86. The Morgan fingerprint density at radius 1 is 0.852 bits per heavy atom. The molecule has 1 amide bonds. The van der Waals surface area contributed by atoms with Gasteiger partial charge >= 0.3 is 0 Å². The zero-order chi connectivity index (χ0) is 19.7. The molecule has 0 spiro atoms. The minimum atomic E-state index is 0.00314. The summed E-state index contributed by atoms with van der Waals surface area (Å²) in [6.07, 6.45) is 4.70. The summed E-state index contributed by atoms with van der Waals surface area (Å²) in [5.41, 5.74) is 0.565. The third-order valence-corrected chi connectivity index (χ3v) is 6.48. The molecule has 2 unspecified atom stereocenters. The lowest BCUT2D eigenvalue weighted by Crippen LogP contribution is -2.36.